The molecule has 0 radical (unpaired) electrons. The lowest BCUT2D eigenvalue weighted by Crippen LogP contribution is -2.34. The van der Waals surface area contributed by atoms with Gasteiger partial charge in [-0.1, -0.05) is 12.1 Å². The number of hydrogen-bond donors (Lipinski definition) is 1. The smallest absolute Gasteiger partial charge is 0.317 e. The van der Waals surface area contributed by atoms with Gasteiger partial charge >= 0.3 is 5.97 Å². The summed E-state index contributed by atoms with van der Waals surface area (Å²) in [7, 11) is 0. The minimum Gasteiger partial charge on any atom is -0.480 e. The Hall–Kier alpha value is -1.90. The molecule has 0 bridgehead atoms. The molecule has 1 aromatic carbocycles. The van der Waals surface area contributed by atoms with Crippen molar-refractivity contribution in [2.24, 2.45) is 0 Å². The number of carbonyl (C=O) groups is 1. The first-order valence-electron chi connectivity index (χ1n) is 6.83. The lowest BCUT2D eigenvalue weighted by atomic mass is 10.1. The maximum absolute atomic E-state index is 10.7. The molecule has 20 heavy (non-hydrogen) atoms. The summed E-state index contributed by atoms with van der Waals surface area (Å²) in [6.07, 6.45) is 0.977. The van der Waals surface area contributed by atoms with Gasteiger partial charge in [0.25, 0.3) is 0 Å². The van der Waals surface area contributed by atoms with Gasteiger partial charge in [-0.25, -0.2) is 0 Å². The average Bonchev–Trinajstić information content (AvgIpc) is 2.64. The van der Waals surface area contributed by atoms with E-state index in [1.165, 1.54) is 0 Å². The van der Waals surface area contributed by atoms with Crippen molar-refractivity contribution in [1.29, 1.82) is 5.26 Å². The van der Waals surface area contributed by atoms with Crippen LogP contribution in [-0.2, 0) is 11.3 Å². The summed E-state index contributed by atoms with van der Waals surface area (Å²) in [4.78, 5) is 15.0. The second-order valence-electron chi connectivity index (χ2n) is 5.11. The fraction of sp³-hybridized carbons (Fsp3) is 0.467. The zero-order chi connectivity index (χ0) is 14.4. The van der Waals surface area contributed by atoms with Crippen LogP contribution in [0.1, 0.15) is 17.5 Å². The van der Waals surface area contributed by atoms with Gasteiger partial charge in [0.05, 0.1) is 18.2 Å². The van der Waals surface area contributed by atoms with Crippen molar-refractivity contribution in [2.75, 3.05) is 32.7 Å². The standard InChI is InChI=1S/C15H19N3O2/c16-10-13-3-1-4-14(9-13)11-17-5-2-6-18(8-7-17)12-15(19)20/h1,3-4,9H,2,5-8,11-12H2,(H,19,20). The summed E-state index contributed by atoms with van der Waals surface area (Å²) in [6.45, 7) is 4.39. The van der Waals surface area contributed by atoms with Crippen molar-refractivity contribution in [3.63, 3.8) is 0 Å². The predicted octanol–water partition coefficient (Wildman–Crippen LogP) is 1.15. The number of carboxylic acid groups (broad SMARTS) is 1. The van der Waals surface area contributed by atoms with Crippen LogP contribution in [0.25, 0.3) is 0 Å². The van der Waals surface area contributed by atoms with E-state index in [0.29, 0.717) is 5.56 Å². The molecular formula is C15H19N3O2. The maximum Gasteiger partial charge on any atom is 0.317 e. The van der Waals surface area contributed by atoms with Crippen LogP contribution < -0.4 is 0 Å². The van der Waals surface area contributed by atoms with E-state index in [1.807, 2.05) is 23.1 Å². The summed E-state index contributed by atoms with van der Waals surface area (Å²) >= 11 is 0. The van der Waals surface area contributed by atoms with E-state index >= 15 is 0 Å². The van der Waals surface area contributed by atoms with Crippen LogP contribution in [0.5, 0.6) is 0 Å². The molecule has 0 atom stereocenters. The molecule has 0 aromatic heterocycles. The second-order valence-corrected chi connectivity index (χ2v) is 5.11. The summed E-state index contributed by atoms with van der Waals surface area (Å²) in [5.41, 5.74) is 1.82. The van der Waals surface area contributed by atoms with Gasteiger partial charge < -0.3 is 5.11 Å². The first kappa shape index (κ1) is 14.5. The Morgan fingerprint density at radius 1 is 1.25 bits per heavy atom. The number of aliphatic carboxylic acids is 1. The minimum atomic E-state index is -0.764. The van der Waals surface area contributed by atoms with Crippen LogP contribution in [0.3, 0.4) is 0 Å². The molecule has 0 amide bonds. The van der Waals surface area contributed by atoms with E-state index in [9.17, 15) is 4.79 Å². The number of hydrogen-bond acceptors (Lipinski definition) is 4. The summed E-state index contributed by atoms with van der Waals surface area (Å²) < 4.78 is 0. The SMILES string of the molecule is N#Cc1cccc(CN2CCCN(CC(=O)O)CC2)c1. The molecule has 0 aliphatic carbocycles. The van der Waals surface area contributed by atoms with Crippen LogP contribution in [0.2, 0.25) is 0 Å². The molecule has 0 unspecified atom stereocenters. The van der Waals surface area contributed by atoms with Crippen LogP contribution in [-0.4, -0.2) is 53.6 Å². The topological polar surface area (TPSA) is 67.6 Å². The lowest BCUT2D eigenvalue weighted by molar-refractivity contribution is -0.138. The Bertz CT molecular complexity index is 510. The van der Waals surface area contributed by atoms with Crippen molar-refractivity contribution >= 4 is 5.97 Å². The molecule has 1 saturated heterocycles. The summed E-state index contributed by atoms with van der Waals surface area (Å²) in [6, 6.07) is 9.81. The predicted molar refractivity (Wildman–Crippen MR) is 75.1 cm³/mol. The van der Waals surface area contributed by atoms with E-state index in [0.717, 1.165) is 44.7 Å². The van der Waals surface area contributed by atoms with E-state index in [-0.39, 0.29) is 6.54 Å². The third-order valence-corrected chi connectivity index (χ3v) is 3.50. The van der Waals surface area contributed by atoms with Gasteiger partial charge in [-0.2, -0.15) is 5.26 Å². The fourth-order valence-corrected chi connectivity index (χ4v) is 2.53. The normalized spacial score (nSPS) is 17.4. The molecule has 1 aliphatic heterocycles. The Morgan fingerprint density at radius 2 is 2.00 bits per heavy atom. The van der Waals surface area contributed by atoms with Gasteiger partial charge in [0, 0.05) is 26.2 Å². The van der Waals surface area contributed by atoms with Crippen molar-refractivity contribution in [2.45, 2.75) is 13.0 Å². The minimum absolute atomic E-state index is 0.123. The molecule has 5 nitrogen and oxygen atoms in total. The van der Waals surface area contributed by atoms with Crippen LogP contribution >= 0.6 is 0 Å². The zero-order valence-corrected chi connectivity index (χ0v) is 11.5. The van der Waals surface area contributed by atoms with Gasteiger partial charge in [0.2, 0.25) is 0 Å². The number of nitrogens with zero attached hydrogens (tertiary/aromatic N) is 3. The maximum atomic E-state index is 10.7. The molecule has 1 fully saturated rings. The number of nitriles is 1. The van der Waals surface area contributed by atoms with Crippen LogP contribution in [0, 0.1) is 11.3 Å². The molecule has 5 heteroatoms. The molecule has 0 spiro atoms. The second kappa shape index (κ2) is 7.04. The number of rotatable bonds is 4. The molecule has 1 heterocycles. The highest BCUT2D eigenvalue weighted by atomic mass is 16.4. The van der Waals surface area contributed by atoms with Gasteiger partial charge in [-0.3, -0.25) is 14.6 Å². The average molecular weight is 273 g/mol. The lowest BCUT2D eigenvalue weighted by Gasteiger charge is -2.20. The van der Waals surface area contributed by atoms with Gasteiger partial charge in [0.15, 0.2) is 0 Å². The molecule has 1 N–H and O–H groups in total. The number of benzene rings is 1. The van der Waals surface area contributed by atoms with Crippen molar-refractivity contribution < 1.29 is 9.90 Å². The van der Waals surface area contributed by atoms with Crippen molar-refractivity contribution in [3.05, 3.63) is 35.4 Å². The molecule has 0 saturated carbocycles. The summed E-state index contributed by atoms with van der Waals surface area (Å²) in [5.74, 6) is -0.764. The van der Waals surface area contributed by atoms with Crippen molar-refractivity contribution in [1.82, 2.24) is 9.80 Å². The van der Waals surface area contributed by atoms with E-state index in [4.69, 9.17) is 10.4 Å². The van der Waals surface area contributed by atoms with E-state index in [2.05, 4.69) is 11.0 Å². The largest absolute Gasteiger partial charge is 0.480 e. The van der Waals surface area contributed by atoms with E-state index < -0.39 is 5.97 Å². The Balaban J connectivity index is 1.90. The Labute approximate surface area is 119 Å². The summed E-state index contributed by atoms with van der Waals surface area (Å²) in [5, 5.41) is 17.7. The Kier molecular flexibility index (Phi) is 5.10. The first-order valence-corrected chi connectivity index (χ1v) is 6.83. The third-order valence-electron chi connectivity index (χ3n) is 3.50. The highest BCUT2D eigenvalue weighted by Crippen LogP contribution is 2.10. The number of carboxylic acids is 1. The van der Waals surface area contributed by atoms with Gasteiger partial charge in [0.1, 0.15) is 0 Å². The Morgan fingerprint density at radius 3 is 2.75 bits per heavy atom. The van der Waals surface area contributed by atoms with Crippen LogP contribution in [0.15, 0.2) is 24.3 Å². The molecule has 2 rings (SSSR count). The van der Waals surface area contributed by atoms with Gasteiger partial charge in [-0.05, 0) is 30.7 Å². The fourth-order valence-electron chi connectivity index (χ4n) is 2.53. The quantitative estimate of drug-likeness (QED) is 0.891. The zero-order valence-electron chi connectivity index (χ0n) is 11.5. The van der Waals surface area contributed by atoms with Crippen LogP contribution in [0.4, 0.5) is 0 Å². The highest BCUT2D eigenvalue weighted by Gasteiger charge is 2.16. The van der Waals surface area contributed by atoms with E-state index in [1.54, 1.807) is 6.07 Å². The molecule has 1 aromatic rings. The molecule has 106 valence electrons. The molecule has 1 aliphatic rings. The monoisotopic (exact) mass is 273 g/mol. The van der Waals surface area contributed by atoms with Gasteiger partial charge in [-0.15, -0.1) is 0 Å². The third kappa shape index (κ3) is 4.34. The van der Waals surface area contributed by atoms with Crippen molar-refractivity contribution in [3.8, 4) is 6.07 Å². The molecular weight excluding hydrogens is 254 g/mol. The first-order chi connectivity index (χ1) is 9.67. The highest BCUT2D eigenvalue weighted by molar-refractivity contribution is 5.69.